The van der Waals surface area contributed by atoms with Crippen LogP contribution in [0.5, 0.6) is 11.5 Å². The first-order valence-electron chi connectivity index (χ1n) is 12.8. The zero-order valence-corrected chi connectivity index (χ0v) is 21.8. The third kappa shape index (κ3) is 5.44. The number of ketones is 1. The van der Waals surface area contributed by atoms with Gasteiger partial charge in [0.2, 0.25) is 5.78 Å². The Morgan fingerprint density at radius 1 is 1.13 bits per heavy atom. The number of amides is 2. The van der Waals surface area contributed by atoms with E-state index in [4.69, 9.17) is 9.47 Å². The molecule has 5 rings (SSSR count). The highest BCUT2D eigenvalue weighted by Crippen LogP contribution is 2.35. The molecule has 3 aromatic rings. The van der Waals surface area contributed by atoms with Crippen molar-refractivity contribution in [2.24, 2.45) is 0 Å². The van der Waals surface area contributed by atoms with E-state index in [0.29, 0.717) is 23.5 Å². The molecule has 3 heterocycles. The highest BCUT2D eigenvalue weighted by atomic mass is 16.5. The maximum Gasteiger partial charge on any atom is 0.319 e. The van der Waals surface area contributed by atoms with Crippen LogP contribution in [0.4, 0.5) is 10.5 Å². The van der Waals surface area contributed by atoms with Gasteiger partial charge in [0.1, 0.15) is 11.5 Å². The highest BCUT2D eigenvalue weighted by Gasteiger charge is 2.28. The van der Waals surface area contributed by atoms with Crippen molar-refractivity contribution in [3.8, 4) is 11.5 Å². The molecule has 38 heavy (non-hydrogen) atoms. The number of carbonyl (C=O) groups excluding carboxylic acids is 2. The number of benzene rings is 2. The predicted molar refractivity (Wildman–Crippen MR) is 149 cm³/mol. The number of anilines is 1. The molecule has 2 aromatic carbocycles. The topological polar surface area (TPSA) is 88.1 Å². The molecule has 2 aliphatic heterocycles. The second-order valence-corrected chi connectivity index (χ2v) is 9.58. The number of ether oxygens (including phenoxy) is 2. The number of nitrogens with one attached hydrogen (secondary N) is 2. The number of fused-ring (bicyclic) bond motifs is 2. The Morgan fingerprint density at radius 3 is 2.71 bits per heavy atom. The third-order valence-electron chi connectivity index (χ3n) is 6.99. The third-order valence-corrected chi connectivity index (χ3v) is 6.99. The van der Waals surface area contributed by atoms with Gasteiger partial charge in [0.15, 0.2) is 5.76 Å². The van der Waals surface area contributed by atoms with Crippen molar-refractivity contribution in [1.29, 1.82) is 0 Å². The normalized spacial score (nSPS) is 16.9. The molecule has 1 saturated heterocycles. The van der Waals surface area contributed by atoms with Gasteiger partial charge in [-0.3, -0.25) is 9.69 Å². The number of urea groups is 1. The van der Waals surface area contributed by atoms with Crippen LogP contribution in [0, 0.1) is 0 Å². The van der Waals surface area contributed by atoms with Crippen molar-refractivity contribution in [3.63, 3.8) is 0 Å². The molecule has 0 spiro atoms. The standard InChI is InChI=1S/C29H33N5O4/c1-4-9-30-29(36)31-21-5-8-26-24(17-21)28(35)27(38-26)16-20-19-34(15-14-33-12-10-32(2)11-13-33)25-7-6-22(37-3)18-23(20)25/h4-8,16-19H,1,9-15H2,2-3H3,(H2,30,31,36)/b27-16-. The van der Waals surface area contributed by atoms with Crippen molar-refractivity contribution < 1.29 is 19.1 Å². The molecule has 1 fully saturated rings. The Hall–Kier alpha value is -4.08. The Balaban J connectivity index is 1.39. The van der Waals surface area contributed by atoms with E-state index in [2.05, 4.69) is 50.9 Å². The molecule has 0 atom stereocenters. The second kappa shape index (κ2) is 11.1. The van der Waals surface area contributed by atoms with Gasteiger partial charge < -0.3 is 29.6 Å². The lowest BCUT2D eigenvalue weighted by Crippen LogP contribution is -2.45. The summed E-state index contributed by atoms with van der Waals surface area (Å²) in [6.07, 6.45) is 5.46. The van der Waals surface area contributed by atoms with E-state index < -0.39 is 0 Å². The van der Waals surface area contributed by atoms with Crippen LogP contribution in [0.2, 0.25) is 0 Å². The summed E-state index contributed by atoms with van der Waals surface area (Å²) in [7, 11) is 3.81. The van der Waals surface area contributed by atoms with Gasteiger partial charge in [0, 0.05) is 74.2 Å². The van der Waals surface area contributed by atoms with Crippen LogP contribution in [-0.2, 0) is 6.54 Å². The molecule has 2 amide bonds. The van der Waals surface area contributed by atoms with Crippen molar-refractivity contribution >= 4 is 34.5 Å². The number of hydrogen-bond acceptors (Lipinski definition) is 6. The predicted octanol–water partition coefficient (Wildman–Crippen LogP) is 3.82. The van der Waals surface area contributed by atoms with E-state index in [1.54, 1.807) is 37.5 Å². The molecule has 9 nitrogen and oxygen atoms in total. The summed E-state index contributed by atoms with van der Waals surface area (Å²) in [5.41, 5.74) is 2.88. The lowest BCUT2D eigenvalue weighted by atomic mass is 10.1. The van der Waals surface area contributed by atoms with Crippen LogP contribution in [0.25, 0.3) is 17.0 Å². The molecule has 0 saturated carbocycles. The number of aromatic nitrogens is 1. The summed E-state index contributed by atoms with van der Waals surface area (Å²) in [5, 5.41) is 6.37. The van der Waals surface area contributed by atoms with Gasteiger partial charge >= 0.3 is 6.03 Å². The fourth-order valence-corrected chi connectivity index (χ4v) is 4.80. The van der Waals surface area contributed by atoms with Gasteiger partial charge in [0.25, 0.3) is 0 Å². The van der Waals surface area contributed by atoms with E-state index in [0.717, 1.165) is 61.5 Å². The minimum absolute atomic E-state index is 0.226. The average Bonchev–Trinajstić information content (AvgIpc) is 3.43. The minimum atomic E-state index is -0.370. The van der Waals surface area contributed by atoms with Crippen LogP contribution in [-0.4, -0.2) is 79.6 Å². The van der Waals surface area contributed by atoms with E-state index >= 15 is 0 Å². The summed E-state index contributed by atoms with van der Waals surface area (Å²) in [6.45, 7) is 10.0. The summed E-state index contributed by atoms with van der Waals surface area (Å²) >= 11 is 0. The van der Waals surface area contributed by atoms with Gasteiger partial charge in [-0.2, -0.15) is 0 Å². The van der Waals surface area contributed by atoms with Crippen LogP contribution in [0.1, 0.15) is 15.9 Å². The largest absolute Gasteiger partial charge is 0.497 e. The number of hydrogen-bond donors (Lipinski definition) is 2. The monoisotopic (exact) mass is 515 g/mol. The highest BCUT2D eigenvalue weighted by molar-refractivity contribution is 6.15. The first-order chi connectivity index (χ1) is 18.4. The number of likely N-dealkylation sites (N-methyl/N-ethyl adjacent to an activating group) is 1. The van der Waals surface area contributed by atoms with Crippen LogP contribution < -0.4 is 20.1 Å². The SMILES string of the molecule is C=CCNC(=O)Nc1ccc2c(c1)C(=O)/C(=C/c1cn(CCN3CCN(C)CC3)c3ccc(OC)cc13)O2. The number of Topliss-reactive ketones (excluding diaryl/α,β-unsaturated/α-hetero) is 1. The van der Waals surface area contributed by atoms with Gasteiger partial charge in [-0.15, -0.1) is 6.58 Å². The number of methoxy groups -OCH3 is 1. The molecular weight excluding hydrogens is 482 g/mol. The second-order valence-electron chi connectivity index (χ2n) is 9.58. The summed E-state index contributed by atoms with van der Waals surface area (Å²) in [4.78, 5) is 30.1. The van der Waals surface area contributed by atoms with Crippen molar-refractivity contribution in [2.75, 3.05) is 58.7 Å². The first kappa shape index (κ1) is 25.6. The number of piperazine rings is 1. The van der Waals surface area contributed by atoms with Crippen LogP contribution in [0.3, 0.4) is 0 Å². The van der Waals surface area contributed by atoms with Crippen molar-refractivity contribution in [3.05, 3.63) is 72.1 Å². The Labute approximate surface area is 222 Å². The molecule has 0 unspecified atom stereocenters. The molecule has 0 aliphatic carbocycles. The van der Waals surface area contributed by atoms with Gasteiger partial charge in [-0.05, 0) is 49.5 Å². The molecule has 198 valence electrons. The molecule has 2 N–H and O–H groups in total. The molecule has 0 bridgehead atoms. The quantitative estimate of drug-likeness (QED) is 0.350. The lowest BCUT2D eigenvalue weighted by molar-refractivity contribution is 0.101. The van der Waals surface area contributed by atoms with Crippen molar-refractivity contribution in [2.45, 2.75) is 6.54 Å². The maximum absolute atomic E-state index is 13.3. The number of carbonyl (C=O) groups is 2. The van der Waals surface area contributed by atoms with Crippen LogP contribution >= 0.6 is 0 Å². The Kier molecular flexibility index (Phi) is 7.48. The van der Waals surface area contributed by atoms with E-state index in [-0.39, 0.29) is 17.6 Å². The van der Waals surface area contributed by atoms with E-state index in [1.165, 1.54) is 0 Å². The number of rotatable bonds is 8. The van der Waals surface area contributed by atoms with Crippen LogP contribution in [0.15, 0.2) is 61.0 Å². The smallest absolute Gasteiger partial charge is 0.319 e. The minimum Gasteiger partial charge on any atom is -0.497 e. The van der Waals surface area contributed by atoms with E-state index in [1.807, 2.05) is 12.1 Å². The molecule has 0 radical (unpaired) electrons. The van der Waals surface area contributed by atoms with E-state index in [9.17, 15) is 9.59 Å². The Bertz CT molecular complexity index is 1400. The molecule has 2 aliphatic rings. The number of allylic oxidation sites excluding steroid dienone is 1. The zero-order chi connectivity index (χ0) is 26.6. The van der Waals surface area contributed by atoms with Gasteiger partial charge in [-0.25, -0.2) is 4.79 Å². The first-order valence-corrected chi connectivity index (χ1v) is 12.8. The van der Waals surface area contributed by atoms with Crippen molar-refractivity contribution in [1.82, 2.24) is 19.7 Å². The lowest BCUT2D eigenvalue weighted by Gasteiger charge is -2.32. The molecule has 9 heteroatoms. The van der Waals surface area contributed by atoms with Gasteiger partial charge in [-0.1, -0.05) is 6.08 Å². The summed E-state index contributed by atoms with van der Waals surface area (Å²) in [6, 6.07) is 10.7. The summed E-state index contributed by atoms with van der Waals surface area (Å²) < 4.78 is 13.7. The summed E-state index contributed by atoms with van der Waals surface area (Å²) in [5.74, 6) is 1.24. The van der Waals surface area contributed by atoms with Gasteiger partial charge in [0.05, 0.1) is 12.7 Å². The molecule has 1 aromatic heterocycles. The average molecular weight is 516 g/mol. The Morgan fingerprint density at radius 2 is 1.95 bits per heavy atom. The number of nitrogens with zero attached hydrogens (tertiary/aromatic N) is 3. The maximum atomic E-state index is 13.3. The fraction of sp³-hybridized carbons (Fsp3) is 0.310. The fourth-order valence-electron chi connectivity index (χ4n) is 4.80. The zero-order valence-electron chi connectivity index (χ0n) is 21.8. The molecular formula is C29H33N5O4.